The number of nitriles is 1. The average molecular weight is 372 g/mol. The van der Waals surface area contributed by atoms with Gasteiger partial charge in [0.25, 0.3) is 0 Å². The van der Waals surface area contributed by atoms with Crippen LogP contribution in [-0.4, -0.2) is 24.9 Å². The molecule has 3 aromatic rings. The first kappa shape index (κ1) is 18.0. The molecule has 0 radical (unpaired) electrons. The Labute approximate surface area is 151 Å². The minimum absolute atomic E-state index is 0.0193. The Kier molecular flexibility index (Phi) is 4.80. The summed E-state index contributed by atoms with van der Waals surface area (Å²) in [5, 5.41) is 11.6. The Morgan fingerprint density at radius 1 is 1.11 bits per heavy atom. The highest BCUT2D eigenvalue weighted by Gasteiger charge is 2.32. The summed E-state index contributed by atoms with van der Waals surface area (Å²) in [4.78, 5) is 19.4. The van der Waals surface area contributed by atoms with Gasteiger partial charge in [0.2, 0.25) is 11.9 Å². The molecule has 0 aliphatic rings. The van der Waals surface area contributed by atoms with Gasteiger partial charge in [0, 0.05) is 11.9 Å². The Morgan fingerprint density at radius 2 is 1.93 bits per heavy atom. The number of nitrogens with one attached hydrogen (secondary N) is 1. The van der Waals surface area contributed by atoms with Crippen molar-refractivity contribution in [3.63, 3.8) is 0 Å². The summed E-state index contributed by atoms with van der Waals surface area (Å²) < 4.78 is 38.5. The molecule has 0 amide bonds. The van der Waals surface area contributed by atoms with E-state index in [9.17, 15) is 13.2 Å². The highest BCUT2D eigenvalue weighted by Crippen LogP contribution is 2.29. The van der Waals surface area contributed by atoms with Crippen molar-refractivity contribution in [1.82, 2.24) is 24.9 Å². The smallest absolute Gasteiger partial charge is 0.368 e. The molecule has 0 aromatic carbocycles. The summed E-state index contributed by atoms with van der Waals surface area (Å²) in [6.07, 6.45) is -2.98. The van der Waals surface area contributed by atoms with Crippen molar-refractivity contribution in [2.75, 3.05) is 11.1 Å². The van der Waals surface area contributed by atoms with Crippen molar-refractivity contribution >= 4 is 17.6 Å². The van der Waals surface area contributed by atoms with Gasteiger partial charge in [-0.25, -0.2) is 4.98 Å². The molecule has 136 valence electrons. The lowest BCUT2D eigenvalue weighted by atomic mass is 10.2. The Morgan fingerprint density at radius 3 is 2.67 bits per heavy atom. The minimum atomic E-state index is -4.59. The Balaban J connectivity index is 1.94. The fourth-order valence-electron chi connectivity index (χ4n) is 2.14. The van der Waals surface area contributed by atoms with Gasteiger partial charge in [-0.1, -0.05) is 6.07 Å². The van der Waals surface area contributed by atoms with Crippen molar-refractivity contribution in [1.29, 1.82) is 5.26 Å². The summed E-state index contributed by atoms with van der Waals surface area (Å²) in [5.74, 6) is -0.277. The van der Waals surface area contributed by atoms with Crippen LogP contribution < -0.4 is 11.1 Å². The third-order valence-electron chi connectivity index (χ3n) is 3.25. The maximum atomic E-state index is 12.8. The van der Waals surface area contributed by atoms with E-state index in [4.69, 9.17) is 11.0 Å². The zero-order chi connectivity index (χ0) is 19.4. The number of pyridine rings is 2. The summed E-state index contributed by atoms with van der Waals surface area (Å²) in [6.45, 7) is 0. The van der Waals surface area contributed by atoms with Crippen LogP contribution in [-0.2, 0) is 12.6 Å². The molecule has 3 heterocycles. The Hall–Kier alpha value is -3.81. The molecule has 0 fully saturated rings. The monoisotopic (exact) mass is 372 g/mol. The lowest BCUT2D eigenvalue weighted by molar-refractivity contribution is -0.141. The normalized spacial score (nSPS) is 11.0. The number of rotatable bonds is 4. The molecule has 3 rings (SSSR count). The lowest BCUT2D eigenvalue weighted by Crippen LogP contribution is -2.10. The first-order valence-electron chi connectivity index (χ1n) is 7.50. The van der Waals surface area contributed by atoms with Crippen molar-refractivity contribution in [3.05, 3.63) is 47.9 Å². The van der Waals surface area contributed by atoms with Crippen LogP contribution in [0.4, 0.5) is 30.8 Å². The second-order valence-corrected chi connectivity index (χ2v) is 5.24. The highest BCUT2D eigenvalue weighted by molar-refractivity contribution is 5.58. The predicted octanol–water partition coefficient (Wildman–Crippen LogP) is 2.74. The van der Waals surface area contributed by atoms with E-state index < -0.39 is 11.9 Å². The second-order valence-electron chi connectivity index (χ2n) is 5.24. The van der Waals surface area contributed by atoms with Crippen LogP contribution in [0.2, 0.25) is 0 Å². The molecule has 3 N–H and O–H groups in total. The van der Waals surface area contributed by atoms with E-state index >= 15 is 0 Å². The van der Waals surface area contributed by atoms with Crippen molar-refractivity contribution < 1.29 is 13.2 Å². The molecular weight excluding hydrogens is 361 g/mol. The molecule has 0 unspecified atom stereocenters. The molecule has 8 nitrogen and oxygen atoms in total. The average Bonchev–Trinajstić information content (AvgIpc) is 2.61. The molecule has 0 atom stereocenters. The van der Waals surface area contributed by atoms with Crippen molar-refractivity contribution in [3.8, 4) is 17.6 Å². The largest absolute Gasteiger partial charge is 0.433 e. The summed E-state index contributed by atoms with van der Waals surface area (Å²) >= 11 is 0. The molecule has 3 aromatic heterocycles. The van der Waals surface area contributed by atoms with Crippen LogP contribution in [0.5, 0.6) is 0 Å². The first-order chi connectivity index (χ1) is 12.8. The summed E-state index contributed by atoms with van der Waals surface area (Å²) in [6, 6.07) is 8.60. The van der Waals surface area contributed by atoms with E-state index in [1.54, 1.807) is 12.1 Å². The van der Waals surface area contributed by atoms with E-state index in [1.807, 2.05) is 6.07 Å². The molecular formula is C16H11F3N8. The van der Waals surface area contributed by atoms with E-state index in [-0.39, 0.29) is 29.8 Å². The van der Waals surface area contributed by atoms with E-state index in [2.05, 4.69) is 30.2 Å². The molecule has 11 heteroatoms. The van der Waals surface area contributed by atoms with Crippen molar-refractivity contribution in [2.24, 2.45) is 0 Å². The zero-order valence-corrected chi connectivity index (χ0v) is 13.6. The maximum absolute atomic E-state index is 12.8. The molecule has 0 aliphatic carbocycles. The number of nitrogens with two attached hydrogens (primary N) is 1. The summed E-state index contributed by atoms with van der Waals surface area (Å²) in [7, 11) is 0. The number of nitrogens with zero attached hydrogens (tertiary/aromatic N) is 6. The molecule has 0 bridgehead atoms. The number of aromatic nitrogens is 5. The fourth-order valence-corrected chi connectivity index (χ4v) is 2.14. The van der Waals surface area contributed by atoms with E-state index in [0.717, 1.165) is 6.07 Å². The fraction of sp³-hybridized carbons (Fsp3) is 0.125. The van der Waals surface area contributed by atoms with Gasteiger partial charge in [0.05, 0.1) is 18.2 Å². The van der Waals surface area contributed by atoms with Gasteiger partial charge in [0.1, 0.15) is 11.4 Å². The van der Waals surface area contributed by atoms with Gasteiger partial charge < -0.3 is 11.1 Å². The van der Waals surface area contributed by atoms with Gasteiger partial charge in [0.15, 0.2) is 5.82 Å². The third-order valence-corrected chi connectivity index (χ3v) is 3.25. The number of halogens is 3. The van der Waals surface area contributed by atoms with Gasteiger partial charge in [-0.05, 0) is 24.3 Å². The van der Waals surface area contributed by atoms with E-state index in [1.165, 1.54) is 18.3 Å². The van der Waals surface area contributed by atoms with Crippen LogP contribution in [0.25, 0.3) is 11.5 Å². The molecule has 0 spiro atoms. The van der Waals surface area contributed by atoms with Crippen LogP contribution >= 0.6 is 0 Å². The van der Waals surface area contributed by atoms with Crippen LogP contribution in [0.15, 0.2) is 36.5 Å². The number of alkyl halides is 3. The molecule has 0 saturated heterocycles. The van der Waals surface area contributed by atoms with Crippen LogP contribution in [0, 0.1) is 11.3 Å². The Bertz CT molecular complexity index is 1010. The van der Waals surface area contributed by atoms with Gasteiger partial charge >= 0.3 is 6.18 Å². The van der Waals surface area contributed by atoms with Crippen molar-refractivity contribution in [2.45, 2.75) is 12.6 Å². The zero-order valence-electron chi connectivity index (χ0n) is 13.6. The third kappa shape index (κ3) is 4.43. The van der Waals surface area contributed by atoms with Gasteiger partial charge in [-0.3, -0.25) is 4.98 Å². The SMILES string of the molecule is N#CCc1cc(Nc2nc(N)nc(-c3cccc(C(F)(F)F)n3)n2)ccn1. The summed E-state index contributed by atoms with van der Waals surface area (Å²) in [5.41, 5.74) is 5.55. The second kappa shape index (κ2) is 7.20. The lowest BCUT2D eigenvalue weighted by Gasteiger charge is -2.09. The topological polar surface area (TPSA) is 126 Å². The van der Waals surface area contributed by atoms with Gasteiger partial charge in [-0.2, -0.15) is 33.4 Å². The first-order valence-corrected chi connectivity index (χ1v) is 7.50. The highest BCUT2D eigenvalue weighted by atomic mass is 19.4. The minimum Gasteiger partial charge on any atom is -0.368 e. The number of nitrogen functional groups attached to an aromatic ring is 1. The van der Waals surface area contributed by atoms with Crippen LogP contribution in [0.3, 0.4) is 0 Å². The molecule has 27 heavy (non-hydrogen) atoms. The standard InChI is InChI=1S/C16H11F3N8/c17-16(18,19)12-3-1-2-11(24-12)13-25-14(21)27-15(26-13)23-10-5-7-22-9(8-10)4-6-20/h1-3,5,7-8H,4H2,(H3,21,22,23,25,26,27). The van der Waals surface area contributed by atoms with Crippen LogP contribution in [0.1, 0.15) is 11.4 Å². The molecule has 0 saturated carbocycles. The van der Waals surface area contributed by atoms with E-state index in [0.29, 0.717) is 11.4 Å². The molecule has 0 aliphatic heterocycles. The maximum Gasteiger partial charge on any atom is 0.433 e. The number of anilines is 3. The van der Waals surface area contributed by atoms with Gasteiger partial charge in [-0.15, -0.1) is 0 Å². The quantitative estimate of drug-likeness (QED) is 0.716. The predicted molar refractivity (Wildman–Crippen MR) is 89.3 cm³/mol. The number of hydrogen-bond donors (Lipinski definition) is 2. The number of hydrogen-bond acceptors (Lipinski definition) is 8.